The molecule has 7 rings (SSSR count). The van der Waals surface area contributed by atoms with Gasteiger partial charge in [-0.2, -0.15) is 21.9 Å². The van der Waals surface area contributed by atoms with E-state index in [2.05, 4.69) is 16.1 Å². The highest BCUT2D eigenvalue weighted by Crippen LogP contribution is 2.48. The molecular weight excluding hydrogens is 612 g/mol. The van der Waals surface area contributed by atoms with Crippen LogP contribution in [0.2, 0.25) is 0 Å². The van der Waals surface area contributed by atoms with E-state index in [1.54, 1.807) is 36.4 Å². The first kappa shape index (κ1) is 29.5. The highest BCUT2D eigenvalue weighted by Gasteiger charge is 2.50. The van der Waals surface area contributed by atoms with Gasteiger partial charge in [-0.15, -0.1) is 0 Å². The first-order chi connectivity index (χ1) is 21.5. The zero-order valence-electron chi connectivity index (χ0n) is 24.7. The lowest BCUT2D eigenvalue weighted by molar-refractivity contribution is 0.155. The Balaban J connectivity index is 1.44. The predicted molar refractivity (Wildman–Crippen MR) is 169 cm³/mol. The molecule has 1 aromatic heterocycles. The molecule has 2 atom stereocenters. The van der Waals surface area contributed by atoms with E-state index in [4.69, 9.17) is 0 Å². The van der Waals surface area contributed by atoms with Crippen LogP contribution in [0.5, 0.6) is 0 Å². The molecule has 230 valence electrons. The number of halogens is 1. The third-order valence-electron chi connectivity index (χ3n) is 8.70. The van der Waals surface area contributed by atoms with E-state index in [-0.39, 0.29) is 28.1 Å². The van der Waals surface area contributed by atoms with E-state index in [0.29, 0.717) is 24.1 Å². The maximum atomic E-state index is 14.4. The molecule has 11 heteroatoms. The lowest BCUT2D eigenvalue weighted by Crippen LogP contribution is -2.37. The Morgan fingerprint density at radius 2 is 1.33 bits per heavy atom. The van der Waals surface area contributed by atoms with Crippen LogP contribution in [-0.4, -0.2) is 48.3 Å². The van der Waals surface area contributed by atoms with Crippen molar-refractivity contribution in [1.82, 2.24) is 18.4 Å². The van der Waals surface area contributed by atoms with Crippen LogP contribution in [0.25, 0.3) is 11.3 Å². The van der Waals surface area contributed by atoms with Crippen LogP contribution in [0, 0.1) is 19.7 Å². The quantitative estimate of drug-likeness (QED) is 0.231. The SMILES string of the molecule is Cc1ccc(S(=O)(=O)N2C[C@H]3c4ccccc4CCN3[C@H]2c2cn(S(=O)(=O)c3ccc(C)cc3)nc2-c2ccc(F)cc2)cc1. The Hall–Kier alpha value is -4.16. The standard InChI is InChI=1S/C34H31FN4O4S2/c1-23-7-15-28(16-8-23)44(40,41)38-22-32-30-6-4-3-5-25(30)19-20-37(32)34(38)31-21-39(36-33(31)26-11-13-27(35)14-12-26)45(42,43)29-17-9-24(2)10-18-29/h3-18,21,32,34H,19-20,22H2,1-2H3/t32-,34+/m0/s1. The van der Waals surface area contributed by atoms with Gasteiger partial charge < -0.3 is 0 Å². The van der Waals surface area contributed by atoms with Gasteiger partial charge in [0, 0.05) is 30.4 Å². The van der Waals surface area contributed by atoms with Crippen molar-refractivity contribution in [2.75, 3.05) is 13.1 Å². The summed E-state index contributed by atoms with van der Waals surface area (Å²) in [5, 5.41) is 4.57. The van der Waals surface area contributed by atoms with Crippen LogP contribution in [0.4, 0.5) is 4.39 Å². The summed E-state index contributed by atoms with van der Waals surface area (Å²) in [5.74, 6) is -0.454. The number of hydrogen-bond donors (Lipinski definition) is 0. The zero-order valence-corrected chi connectivity index (χ0v) is 26.3. The molecule has 0 saturated carbocycles. The van der Waals surface area contributed by atoms with E-state index in [0.717, 1.165) is 26.3 Å². The smallest absolute Gasteiger partial charge is 0.274 e. The van der Waals surface area contributed by atoms with E-state index < -0.39 is 32.0 Å². The molecule has 0 radical (unpaired) electrons. The van der Waals surface area contributed by atoms with Crippen LogP contribution in [0.3, 0.4) is 0 Å². The molecule has 45 heavy (non-hydrogen) atoms. The number of sulfonamides is 1. The number of rotatable bonds is 6. The van der Waals surface area contributed by atoms with Gasteiger partial charge in [0.25, 0.3) is 10.0 Å². The number of nitrogens with zero attached hydrogens (tertiary/aromatic N) is 4. The van der Waals surface area contributed by atoms with Gasteiger partial charge in [-0.25, -0.2) is 12.8 Å². The normalized spacial score (nSPS) is 18.9. The topological polar surface area (TPSA) is 92.6 Å². The lowest BCUT2D eigenvalue weighted by Gasteiger charge is -2.35. The van der Waals surface area contributed by atoms with Gasteiger partial charge in [0.2, 0.25) is 10.0 Å². The van der Waals surface area contributed by atoms with E-state index in [1.807, 2.05) is 32.0 Å². The molecule has 0 bridgehead atoms. The fourth-order valence-electron chi connectivity index (χ4n) is 6.34. The number of fused-ring (bicyclic) bond motifs is 3. The second kappa shape index (κ2) is 11.0. The minimum atomic E-state index is -4.15. The van der Waals surface area contributed by atoms with E-state index in [9.17, 15) is 21.2 Å². The molecule has 4 aromatic carbocycles. The van der Waals surface area contributed by atoms with Crippen molar-refractivity contribution < 1.29 is 21.2 Å². The second-order valence-corrected chi connectivity index (χ2v) is 15.3. The number of aromatic nitrogens is 2. The lowest BCUT2D eigenvalue weighted by atomic mass is 9.93. The third-order valence-corrected chi connectivity index (χ3v) is 12.1. The Morgan fingerprint density at radius 3 is 1.98 bits per heavy atom. The molecule has 8 nitrogen and oxygen atoms in total. The molecule has 5 aromatic rings. The molecule has 0 N–H and O–H groups in total. The van der Waals surface area contributed by atoms with Gasteiger partial charge >= 0.3 is 0 Å². The molecule has 3 heterocycles. The van der Waals surface area contributed by atoms with Gasteiger partial charge in [0.05, 0.1) is 21.5 Å². The highest BCUT2D eigenvalue weighted by atomic mass is 32.2. The molecule has 0 unspecified atom stereocenters. The fourth-order valence-corrected chi connectivity index (χ4v) is 9.06. The molecule has 0 aliphatic carbocycles. The van der Waals surface area contributed by atoms with Crippen molar-refractivity contribution in [2.24, 2.45) is 0 Å². The predicted octanol–water partition coefficient (Wildman–Crippen LogP) is 5.85. The largest absolute Gasteiger partial charge is 0.282 e. The molecule has 2 aliphatic heterocycles. The van der Waals surface area contributed by atoms with Crippen molar-refractivity contribution in [2.45, 2.75) is 42.3 Å². The van der Waals surface area contributed by atoms with Gasteiger partial charge in [0.15, 0.2) is 0 Å². The molecule has 1 saturated heterocycles. The van der Waals surface area contributed by atoms with Crippen LogP contribution < -0.4 is 0 Å². The molecule has 1 fully saturated rings. The summed E-state index contributed by atoms with van der Waals surface area (Å²) in [6.07, 6.45) is 1.24. The second-order valence-electron chi connectivity index (χ2n) is 11.6. The number of benzene rings is 4. The number of aryl methyl sites for hydroxylation is 2. The maximum Gasteiger partial charge on any atom is 0.282 e. The van der Waals surface area contributed by atoms with Crippen LogP contribution in [-0.2, 0) is 26.5 Å². The first-order valence-corrected chi connectivity index (χ1v) is 17.5. The minimum Gasteiger partial charge on any atom is -0.274 e. The van der Waals surface area contributed by atoms with E-state index >= 15 is 0 Å². The maximum absolute atomic E-state index is 14.4. The zero-order chi connectivity index (χ0) is 31.5. The van der Waals surface area contributed by atoms with Crippen molar-refractivity contribution in [3.05, 3.63) is 137 Å². The third kappa shape index (κ3) is 5.09. The molecule has 0 spiro atoms. The van der Waals surface area contributed by atoms with E-state index in [1.165, 1.54) is 46.9 Å². The van der Waals surface area contributed by atoms with Gasteiger partial charge in [0.1, 0.15) is 12.0 Å². The average molecular weight is 643 g/mol. The van der Waals surface area contributed by atoms with Gasteiger partial charge in [-0.3, -0.25) is 4.90 Å². The van der Waals surface area contributed by atoms with Crippen LogP contribution in [0.1, 0.15) is 40.0 Å². The van der Waals surface area contributed by atoms with Crippen molar-refractivity contribution in [1.29, 1.82) is 0 Å². The summed E-state index contributed by atoms with van der Waals surface area (Å²) in [5.41, 5.74) is 5.16. The first-order valence-electron chi connectivity index (χ1n) is 14.6. The monoisotopic (exact) mass is 642 g/mol. The van der Waals surface area contributed by atoms with Crippen molar-refractivity contribution in [3.8, 4) is 11.3 Å². The summed E-state index contributed by atoms with van der Waals surface area (Å²) in [4.78, 5) is 2.31. The Labute approximate surface area is 262 Å². The minimum absolute atomic E-state index is 0.0492. The summed E-state index contributed by atoms with van der Waals surface area (Å²) in [6.45, 7) is 4.47. The fraction of sp³-hybridized carbons (Fsp3) is 0.206. The van der Waals surface area contributed by atoms with Crippen LogP contribution in [0.15, 0.2) is 113 Å². The molecular formula is C34H31FN4O4S2. The van der Waals surface area contributed by atoms with Gasteiger partial charge in [-0.05, 0) is 79.9 Å². The summed E-state index contributed by atoms with van der Waals surface area (Å²) < 4.78 is 73.0. The summed E-state index contributed by atoms with van der Waals surface area (Å²) >= 11 is 0. The molecule has 0 amide bonds. The van der Waals surface area contributed by atoms with Crippen LogP contribution >= 0.6 is 0 Å². The van der Waals surface area contributed by atoms with Gasteiger partial charge in [-0.1, -0.05) is 59.7 Å². The Morgan fingerprint density at radius 1 is 0.733 bits per heavy atom. The average Bonchev–Trinajstić information content (AvgIpc) is 3.65. The highest BCUT2D eigenvalue weighted by molar-refractivity contribution is 7.90. The Kier molecular flexibility index (Phi) is 7.24. The molecule has 2 aliphatic rings. The summed E-state index contributed by atoms with van der Waals surface area (Å²) in [7, 11) is -8.20. The summed E-state index contributed by atoms with van der Waals surface area (Å²) in [6, 6.07) is 26.5. The van der Waals surface area contributed by atoms with Crippen molar-refractivity contribution in [3.63, 3.8) is 0 Å². The Bertz CT molecular complexity index is 2110. The van der Waals surface area contributed by atoms with Crippen molar-refractivity contribution >= 4 is 20.0 Å². The number of hydrogen-bond acceptors (Lipinski definition) is 6.